The standard InChI is InChI=1S/C13H14N4S/c1-3-10-12(17-6-7-18-13(17)16-10)9-4-5-15-11(8-9)14-2/h3-5,8H,1,6-7H2,2H3,(H,14,15). The van der Waals surface area contributed by atoms with Crippen LogP contribution in [0.5, 0.6) is 0 Å². The molecule has 5 heteroatoms. The summed E-state index contributed by atoms with van der Waals surface area (Å²) >= 11 is 1.80. The molecule has 1 aliphatic heterocycles. The number of imidazole rings is 1. The van der Waals surface area contributed by atoms with Crippen LogP contribution in [-0.4, -0.2) is 27.3 Å². The molecule has 0 unspecified atom stereocenters. The van der Waals surface area contributed by atoms with Crippen molar-refractivity contribution < 1.29 is 0 Å². The van der Waals surface area contributed by atoms with Crippen molar-refractivity contribution in [2.24, 2.45) is 0 Å². The van der Waals surface area contributed by atoms with Crippen LogP contribution >= 0.6 is 11.8 Å². The Kier molecular flexibility index (Phi) is 2.83. The van der Waals surface area contributed by atoms with Crippen molar-refractivity contribution in [2.75, 3.05) is 18.1 Å². The first kappa shape index (κ1) is 11.3. The third-order valence-corrected chi connectivity index (χ3v) is 3.95. The lowest BCUT2D eigenvalue weighted by atomic mass is 10.1. The molecule has 2 aromatic rings. The predicted molar refractivity (Wildman–Crippen MR) is 75.8 cm³/mol. The van der Waals surface area contributed by atoms with E-state index in [0.29, 0.717) is 0 Å². The van der Waals surface area contributed by atoms with E-state index >= 15 is 0 Å². The molecule has 0 atom stereocenters. The van der Waals surface area contributed by atoms with Gasteiger partial charge in [-0.1, -0.05) is 18.3 Å². The Bertz CT molecular complexity index is 603. The Balaban J connectivity index is 2.18. The highest BCUT2D eigenvalue weighted by molar-refractivity contribution is 7.99. The zero-order valence-corrected chi connectivity index (χ0v) is 11.0. The van der Waals surface area contributed by atoms with Crippen molar-refractivity contribution in [1.29, 1.82) is 0 Å². The maximum atomic E-state index is 4.61. The van der Waals surface area contributed by atoms with Crippen molar-refractivity contribution >= 4 is 23.7 Å². The summed E-state index contributed by atoms with van der Waals surface area (Å²) in [6.45, 7) is 4.86. The first-order valence-corrected chi connectivity index (χ1v) is 6.82. The number of fused-ring (bicyclic) bond motifs is 1. The SMILES string of the molecule is C=Cc1nc2n(c1-c1ccnc(NC)c1)CCS2. The van der Waals surface area contributed by atoms with E-state index in [2.05, 4.69) is 26.4 Å². The number of rotatable bonds is 3. The molecule has 0 saturated carbocycles. The monoisotopic (exact) mass is 258 g/mol. The van der Waals surface area contributed by atoms with Crippen LogP contribution in [0.2, 0.25) is 0 Å². The van der Waals surface area contributed by atoms with E-state index in [1.165, 1.54) is 0 Å². The molecule has 18 heavy (non-hydrogen) atoms. The summed E-state index contributed by atoms with van der Waals surface area (Å²) in [5, 5.41) is 4.15. The fourth-order valence-corrected chi connectivity index (χ4v) is 3.11. The molecule has 1 aliphatic rings. The fraction of sp³-hybridized carbons (Fsp3) is 0.231. The molecular formula is C13H14N4S. The molecule has 2 aromatic heterocycles. The molecule has 0 amide bonds. The molecule has 4 nitrogen and oxygen atoms in total. The predicted octanol–water partition coefficient (Wildman–Crippen LogP) is 2.74. The van der Waals surface area contributed by atoms with Gasteiger partial charge in [0.05, 0.1) is 11.4 Å². The molecule has 92 valence electrons. The Morgan fingerprint density at radius 3 is 3.22 bits per heavy atom. The van der Waals surface area contributed by atoms with Gasteiger partial charge >= 0.3 is 0 Å². The maximum Gasteiger partial charge on any atom is 0.169 e. The summed E-state index contributed by atoms with van der Waals surface area (Å²) in [5.41, 5.74) is 3.22. The van der Waals surface area contributed by atoms with Gasteiger partial charge in [0, 0.05) is 31.1 Å². The molecular weight excluding hydrogens is 244 g/mol. The van der Waals surface area contributed by atoms with Crippen molar-refractivity contribution in [3.05, 3.63) is 30.6 Å². The molecule has 0 spiro atoms. The second-order valence-electron chi connectivity index (χ2n) is 4.01. The highest BCUT2D eigenvalue weighted by Gasteiger charge is 2.21. The number of nitrogens with one attached hydrogen (secondary N) is 1. The molecule has 0 saturated heterocycles. The van der Waals surface area contributed by atoms with E-state index in [1.54, 1.807) is 11.8 Å². The molecule has 3 heterocycles. The number of hydrogen-bond donors (Lipinski definition) is 1. The highest BCUT2D eigenvalue weighted by atomic mass is 32.2. The number of aromatic nitrogens is 3. The van der Waals surface area contributed by atoms with Gasteiger partial charge in [-0.15, -0.1) is 0 Å². The zero-order valence-electron chi connectivity index (χ0n) is 10.2. The van der Waals surface area contributed by atoms with Crippen LogP contribution in [0, 0.1) is 0 Å². The number of nitrogens with zero attached hydrogens (tertiary/aromatic N) is 3. The summed E-state index contributed by atoms with van der Waals surface area (Å²) in [6, 6.07) is 4.06. The summed E-state index contributed by atoms with van der Waals surface area (Å²) in [7, 11) is 1.87. The maximum absolute atomic E-state index is 4.61. The van der Waals surface area contributed by atoms with Crippen LogP contribution < -0.4 is 5.32 Å². The van der Waals surface area contributed by atoms with Crippen molar-refractivity contribution in [3.8, 4) is 11.3 Å². The Morgan fingerprint density at radius 2 is 2.44 bits per heavy atom. The second kappa shape index (κ2) is 4.49. The lowest BCUT2D eigenvalue weighted by Crippen LogP contribution is -1.99. The van der Waals surface area contributed by atoms with Crippen LogP contribution in [0.4, 0.5) is 5.82 Å². The van der Waals surface area contributed by atoms with Crippen LogP contribution in [0.15, 0.2) is 30.1 Å². The Hall–Kier alpha value is -1.75. The van der Waals surface area contributed by atoms with Gasteiger partial charge in [0.1, 0.15) is 5.82 Å². The lowest BCUT2D eigenvalue weighted by molar-refractivity contribution is 0.726. The minimum absolute atomic E-state index is 0.865. The van der Waals surface area contributed by atoms with Gasteiger partial charge in [0.2, 0.25) is 0 Å². The van der Waals surface area contributed by atoms with Crippen LogP contribution in [0.3, 0.4) is 0 Å². The van der Waals surface area contributed by atoms with Gasteiger partial charge in [-0.2, -0.15) is 0 Å². The highest BCUT2D eigenvalue weighted by Crippen LogP contribution is 2.34. The molecule has 0 aromatic carbocycles. The number of hydrogen-bond acceptors (Lipinski definition) is 4. The fourth-order valence-electron chi connectivity index (χ4n) is 2.16. The first-order chi connectivity index (χ1) is 8.83. The minimum atomic E-state index is 0.865. The third-order valence-electron chi connectivity index (χ3n) is 2.99. The van der Waals surface area contributed by atoms with Crippen LogP contribution in [0.1, 0.15) is 5.69 Å². The smallest absolute Gasteiger partial charge is 0.169 e. The zero-order chi connectivity index (χ0) is 12.5. The van der Waals surface area contributed by atoms with Crippen LogP contribution in [-0.2, 0) is 6.54 Å². The van der Waals surface area contributed by atoms with Gasteiger partial charge < -0.3 is 9.88 Å². The molecule has 0 fully saturated rings. The molecule has 0 aliphatic carbocycles. The van der Waals surface area contributed by atoms with E-state index in [-0.39, 0.29) is 0 Å². The number of anilines is 1. The Labute approximate surface area is 110 Å². The second-order valence-corrected chi connectivity index (χ2v) is 5.07. The molecule has 1 N–H and O–H groups in total. The third kappa shape index (κ3) is 1.71. The topological polar surface area (TPSA) is 42.7 Å². The van der Waals surface area contributed by atoms with Gasteiger partial charge in [0.25, 0.3) is 0 Å². The van der Waals surface area contributed by atoms with E-state index in [1.807, 2.05) is 31.5 Å². The Morgan fingerprint density at radius 1 is 1.56 bits per heavy atom. The van der Waals surface area contributed by atoms with E-state index < -0.39 is 0 Å². The average molecular weight is 258 g/mol. The number of pyridine rings is 1. The number of thioether (sulfide) groups is 1. The summed E-state index contributed by atoms with van der Waals surface area (Å²) < 4.78 is 2.26. The summed E-state index contributed by atoms with van der Waals surface area (Å²) in [4.78, 5) is 8.85. The van der Waals surface area contributed by atoms with Crippen LogP contribution in [0.25, 0.3) is 17.3 Å². The average Bonchev–Trinajstić information content (AvgIpc) is 2.98. The quantitative estimate of drug-likeness (QED) is 0.919. The molecule has 0 bridgehead atoms. The largest absolute Gasteiger partial charge is 0.373 e. The van der Waals surface area contributed by atoms with Crippen molar-refractivity contribution in [1.82, 2.24) is 14.5 Å². The van der Waals surface area contributed by atoms with E-state index in [9.17, 15) is 0 Å². The first-order valence-electron chi connectivity index (χ1n) is 5.83. The van der Waals surface area contributed by atoms with E-state index in [0.717, 1.165) is 40.2 Å². The van der Waals surface area contributed by atoms with Gasteiger partial charge in [-0.05, 0) is 18.2 Å². The summed E-state index contributed by atoms with van der Waals surface area (Å²) in [6.07, 6.45) is 3.64. The van der Waals surface area contributed by atoms with E-state index in [4.69, 9.17) is 0 Å². The van der Waals surface area contributed by atoms with Crippen molar-refractivity contribution in [2.45, 2.75) is 11.7 Å². The summed E-state index contributed by atoms with van der Waals surface area (Å²) in [5.74, 6) is 1.96. The normalized spacial score (nSPS) is 13.4. The van der Waals surface area contributed by atoms with Gasteiger partial charge in [0.15, 0.2) is 5.16 Å². The molecule has 3 rings (SSSR count). The lowest BCUT2D eigenvalue weighted by Gasteiger charge is -2.07. The molecule has 0 radical (unpaired) electrons. The van der Waals surface area contributed by atoms with Crippen molar-refractivity contribution in [3.63, 3.8) is 0 Å². The minimum Gasteiger partial charge on any atom is -0.373 e. The van der Waals surface area contributed by atoms with Gasteiger partial charge in [-0.3, -0.25) is 0 Å². The van der Waals surface area contributed by atoms with Gasteiger partial charge in [-0.25, -0.2) is 9.97 Å².